The highest BCUT2D eigenvalue weighted by Gasteiger charge is 2.41. The Morgan fingerprint density at radius 1 is 1.23 bits per heavy atom. The number of Topliss-reactive ketones (excluding diaryl/α,β-unsaturated/α-hetero) is 1. The van der Waals surface area contributed by atoms with Crippen LogP contribution in [0.4, 0.5) is 5.95 Å². The zero-order chi connectivity index (χ0) is 21.3. The van der Waals surface area contributed by atoms with Gasteiger partial charge in [0, 0.05) is 17.7 Å². The Labute approximate surface area is 177 Å². The lowest BCUT2D eigenvalue weighted by atomic mass is 9.73. The van der Waals surface area contributed by atoms with E-state index in [1.165, 1.54) is 6.33 Å². The maximum Gasteiger partial charge on any atom is 0.226 e. The molecule has 0 saturated heterocycles. The highest BCUT2D eigenvalue weighted by molar-refractivity contribution is 6.00. The summed E-state index contributed by atoms with van der Waals surface area (Å²) in [5, 5.41) is 7.75. The van der Waals surface area contributed by atoms with Crippen LogP contribution in [0.2, 0.25) is 0 Å². The molecular weight excluding hydrogens is 380 g/mol. The summed E-state index contributed by atoms with van der Waals surface area (Å²) in [6, 6.07) is 5.55. The summed E-state index contributed by atoms with van der Waals surface area (Å²) in [6.07, 6.45) is 6.14. The van der Waals surface area contributed by atoms with E-state index in [2.05, 4.69) is 36.2 Å². The lowest BCUT2D eigenvalue weighted by Gasteiger charge is -2.38. The minimum absolute atomic E-state index is 0.0798. The van der Waals surface area contributed by atoms with Crippen LogP contribution in [0.15, 0.2) is 35.8 Å². The second-order valence-corrected chi connectivity index (χ2v) is 8.85. The average Bonchev–Trinajstić information content (AvgIpc) is 3.17. The van der Waals surface area contributed by atoms with Crippen molar-refractivity contribution in [1.82, 2.24) is 14.8 Å². The standard InChI is InChI=1S/C23H30N4O3/c1-5-6-7-10-30-18-9-8-15(11-19(18)29-4)21-20-16(12-23(2,3)13-17(20)28)26-22-24-14-25-27(21)22/h8-9,11,14,21H,5-7,10,12-13H2,1-4H3,(H,24,25,26). The van der Waals surface area contributed by atoms with E-state index in [4.69, 9.17) is 9.47 Å². The Morgan fingerprint density at radius 3 is 2.83 bits per heavy atom. The van der Waals surface area contributed by atoms with Gasteiger partial charge < -0.3 is 14.8 Å². The van der Waals surface area contributed by atoms with Crippen molar-refractivity contribution in [3.05, 3.63) is 41.4 Å². The van der Waals surface area contributed by atoms with Crippen LogP contribution in [-0.4, -0.2) is 34.3 Å². The highest BCUT2D eigenvalue weighted by atomic mass is 16.5. The Bertz CT molecular complexity index is 977. The number of unbranched alkanes of at least 4 members (excludes halogenated alkanes) is 2. The second kappa shape index (κ2) is 8.13. The topological polar surface area (TPSA) is 78.3 Å². The normalized spacial score (nSPS) is 19.7. The zero-order valence-corrected chi connectivity index (χ0v) is 18.2. The predicted molar refractivity (Wildman–Crippen MR) is 115 cm³/mol. The minimum atomic E-state index is -0.328. The van der Waals surface area contributed by atoms with E-state index in [1.54, 1.807) is 11.8 Å². The maximum absolute atomic E-state index is 13.2. The van der Waals surface area contributed by atoms with Crippen molar-refractivity contribution >= 4 is 11.7 Å². The summed E-state index contributed by atoms with van der Waals surface area (Å²) in [7, 11) is 1.64. The summed E-state index contributed by atoms with van der Waals surface area (Å²) in [5.74, 6) is 2.19. The Kier molecular flexibility index (Phi) is 5.54. The number of carbonyl (C=O) groups excluding carboxylic acids is 1. The van der Waals surface area contributed by atoms with Gasteiger partial charge in [-0.2, -0.15) is 10.1 Å². The van der Waals surface area contributed by atoms with Crippen LogP contribution in [-0.2, 0) is 4.79 Å². The molecule has 4 rings (SSSR count). The third-order valence-electron chi connectivity index (χ3n) is 5.78. The molecule has 1 aromatic heterocycles. The van der Waals surface area contributed by atoms with E-state index < -0.39 is 0 Å². The number of aromatic nitrogens is 3. The molecular formula is C23H30N4O3. The van der Waals surface area contributed by atoms with Gasteiger partial charge in [-0.1, -0.05) is 39.7 Å². The Balaban J connectivity index is 1.71. The number of fused-ring (bicyclic) bond motifs is 1. The first-order chi connectivity index (χ1) is 14.4. The summed E-state index contributed by atoms with van der Waals surface area (Å²) in [5.41, 5.74) is 2.57. The molecule has 0 saturated carbocycles. The molecule has 1 atom stereocenters. The van der Waals surface area contributed by atoms with Gasteiger partial charge >= 0.3 is 0 Å². The fourth-order valence-corrected chi connectivity index (χ4v) is 4.36. The number of carbonyl (C=O) groups is 1. The fourth-order valence-electron chi connectivity index (χ4n) is 4.36. The molecule has 7 nitrogen and oxygen atoms in total. The number of nitrogens with zero attached hydrogens (tertiary/aromatic N) is 3. The van der Waals surface area contributed by atoms with Crippen molar-refractivity contribution in [2.45, 2.75) is 58.9 Å². The molecule has 30 heavy (non-hydrogen) atoms. The van der Waals surface area contributed by atoms with Crippen LogP contribution >= 0.6 is 0 Å². The van der Waals surface area contributed by atoms with Crippen molar-refractivity contribution in [3.8, 4) is 11.5 Å². The molecule has 0 bridgehead atoms. The number of hydrogen-bond donors (Lipinski definition) is 1. The number of allylic oxidation sites excluding steroid dienone is 2. The Morgan fingerprint density at radius 2 is 2.07 bits per heavy atom. The first-order valence-corrected chi connectivity index (χ1v) is 10.7. The molecule has 0 fully saturated rings. The quantitative estimate of drug-likeness (QED) is 0.677. The molecule has 1 N–H and O–H groups in total. The largest absolute Gasteiger partial charge is 0.493 e. The third-order valence-corrected chi connectivity index (χ3v) is 5.78. The maximum atomic E-state index is 13.2. The summed E-state index contributed by atoms with van der Waals surface area (Å²) < 4.78 is 13.3. The van der Waals surface area contributed by atoms with Crippen LogP contribution < -0.4 is 14.8 Å². The van der Waals surface area contributed by atoms with Crippen LogP contribution in [0.5, 0.6) is 11.5 Å². The molecule has 1 aromatic carbocycles. The van der Waals surface area contributed by atoms with Crippen LogP contribution in [0, 0.1) is 5.41 Å². The number of ether oxygens (including phenoxy) is 2. The second-order valence-electron chi connectivity index (χ2n) is 8.85. The SMILES string of the molecule is CCCCCOc1ccc(C2C3=C(CC(C)(C)CC3=O)Nc3ncnn32)cc1OC. The lowest BCUT2D eigenvalue weighted by Crippen LogP contribution is -2.36. The number of hydrogen-bond acceptors (Lipinski definition) is 6. The van der Waals surface area contributed by atoms with Crippen molar-refractivity contribution < 1.29 is 14.3 Å². The smallest absolute Gasteiger partial charge is 0.226 e. The molecule has 2 aromatic rings. The van der Waals surface area contributed by atoms with E-state index in [-0.39, 0.29) is 17.2 Å². The zero-order valence-electron chi connectivity index (χ0n) is 18.2. The molecule has 1 aliphatic carbocycles. The number of benzene rings is 1. The van der Waals surface area contributed by atoms with Gasteiger partial charge in [0.05, 0.1) is 13.7 Å². The van der Waals surface area contributed by atoms with Crippen LogP contribution in [0.1, 0.15) is 64.5 Å². The van der Waals surface area contributed by atoms with Crippen molar-refractivity contribution in [2.75, 3.05) is 19.0 Å². The van der Waals surface area contributed by atoms with Gasteiger partial charge in [-0.15, -0.1) is 0 Å². The molecule has 1 unspecified atom stereocenters. The minimum Gasteiger partial charge on any atom is -0.493 e. The van der Waals surface area contributed by atoms with E-state index in [1.807, 2.05) is 18.2 Å². The number of ketones is 1. The number of rotatable bonds is 7. The molecule has 0 radical (unpaired) electrons. The monoisotopic (exact) mass is 410 g/mol. The van der Waals surface area contributed by atoms with Gasteiger partial charge in [-0.3, -0.25) is 4.79 Å². The summed E-state index contributed by atoms with van der Waals surface area (Å²) in [6.45, 7) is 7.08. The molecule has 0 amide bonds. The van der Waals surface area contributed by atoms with Crippen molar-refractivity contribution in [3.63, 3.8) is 0 Å². The van der Waals surface area contributed by atoms with Crippen LogP contribution in [0.3, 0.4) is 0 Å². The van der Waals surface area contributed by atoms with Gasteiger partial charge in [0.2, 0.25) is 5.95 Å². The van der Waals surface area contributed by atoms with Gasteiger partial charge in [0.15, 0.2) is 17.3 Å². The Hall–Kier alpha value is -2.83. The summed E-state index contributed by atoms with van der Waals surface area (Å²) >= 11 is 0. The number of nitrogens with one attached hydrogen (secondary N) is 1. The first-order valence-electron chi connectivity index (χ1n) is 10.7. The van der Waals surface area contributed by atoms with Gasteiger partial charge in [-0.25, -0.2) is 4.68 Å². The molecule has 2 heterocycles. The lowest BCUT2D eigenvalue weighted by molar-refractivity contribution is -0.118. The van der Waals surface area contributed by atoms with Crippen molar-refractivity contribution in [2.24, 2.45) is 5.41 Å². The van der Waals surface area contributed by atoms with Gasteiger partial charge in [0.25, 0.3) is 0 Å². The average molecular weight is 411 g/mol. The van der Waals surface area contributed by atoms with Crippen molar-refractivity contribution in [1.29, 1.82) is 0 Å². The van der Waals surface area contributed by atoms with E-state index in [0.717, 1.165) is 48.3 Å². The molecule has 160 valence electrons. The van der Waals surface area contributed by atoms with E-state index >= 15 is 0 Å². The van der Waals surface area contributed by atoms with E-state index in [0.29, 0.717) is 24.7 Å². The van der Waals surface area contributed by atoms with E-state index in [9.17, 15) is 4.79 Å². The number of methoxy groups -OCH3 is 1. The van der Waals surface area contributed by atoms with Gasteiger partial charge in [0.1, 0.15) is 12.4 Å². The fraction of sp³-hybridized carbons (Fsp3) is 0.522. The first kappa shape index (κ1) is 20.4. The summed E-state index contributed by atoms with van der Waals surface area (Å²) in [4.78, 5) is 17.5. The molecule has 0 spiro atoms. The van der Waals surface area contributed by atoms with Crippen LogP contribution in [0.25, 0.3) is 0 Å². The molecule has 2 aliphatic rings. The number of anilines is 1. The molecule has 1 aliphatic heterocycles. The molecule has 7 heteroatoms. The van der Waals surface area contributed by atoms with Gasteiger partial charge in [-0.05, 0) is 36.0 Å². The predicted octanol–water partition coefficient (Wildman–Crippen LogP) is 4.51. The third kappa shape index (κ3) is 3.80. The highest BCUT2D eigenvalue weighted by Crippen LogP contribution is 2.46.